The molecule has 4 aliphatic rings. The van der Waals surface area contributed by atoms with Crippen LogP contribution in [-0.4, -0.2) is 6.71 Å². The molecule has 2 aliphatic heterocycles. The molecule has 0 bridgehead atoms. The second kappa shape index (κ2) is 14.6. The van der Waals surface area contributed by atoms with Crippen molar-refractivity contribution < 1.29 is 4.11 Å². The minimum Gasteiger partial charge on any atom is -0.311 e. The maximum Gasteiger partial charge on any atom is 0.252 e. The van der Waals surface area contributed by atoms with Gasteiger partial charge in [-0.3, -0.25) is 0 Å². The fourth-order valence-electron chi connectivity index (χ4n) is 13.8. The van der Waals surface area contributed by atoms with Crippen LogP contribution in [0, 0.1) is 13.8 Å². The number of rotatable bonds is 5. The summed E-state index contributed by atoms with van der Waals surface area (Å²) < 4.78 is 27.8. The molecule has 68 heavy (non-hydrogen) atoms. The van der Waals surface area contributed by atoms with Gasteiger partial charge in [0.2, 0.25) is 0 Å². The number of nitrogens with zero attached hydrogens (tertiary/aromatic N) is 2. The molecule has 0 N–H and O–H groups in total. The zero-order chi connectivity index (χ0) is 50.7. The van der Waals surface area contributed by atoms with Gasteiger partial charge in [-0.15, -0.1) is 0 Å². The molecule has 3 heteroatoms. The lowest BCUT2D eigenvalue weighted by Crippen LogP contribution is -2.61. The normalized spacial score (nSPS) is 18.7. The van der Waals surface area contributed by atoms with E-state index in [4.69, 9.17) is 0 Å². The van der Waals surface area contributed by atoms with Gasteiger partial charge >= 0.3 is 0 Å². The maximum absolute atomic E-state index is 9.28. The lowest BCUT2D eigenvalue weighted by molar-refractivity contribution is 0.402. The summed E-state index contributed by atoms with van der Waals surface area (Å²) in [6.45, 7) is 30.4. The molecule has 2 aliphatic carbocycles. The average Bonchev–Trinajstić information content (AvgIpc) is 3.60. The molecule has 0 fully saturated rings. The van der Waals surface area contributed by atoms with E-state index in [1.165, 1.54) is 55.4 Å². The van der Waals surface area contributed by atoms with Crippen molar-refractivity contribution in [1.29, 1.82) is 0 Å². The van der Waals surface area contributed by atoms with Crippen molar-refractivity contribution in [1.82, 2.24) is 0 Å². The summed E-state index contributed by atoms with van der Waals surface area (Å²) in [5.41, 5.74) is 22.3. The van der Waals surface area contributed by atoms with Crippen molar-refractivity contribution in [2.75, 3.05) is 9.80 Å². The van der Waals surface area contributed by atoms with Gasteiger partial charge in [-0.1, -0.05) is 181 Å². The van der Waals surface area contributed by atoms with E-state index in [1.54, 1.807) is 0 Å². The Balaban J connectivity index is 1.30. The molecular formula is C65H71BN2. The summed E-state index contributed by atoms with van der Waals surface area (Å²) >= 11 is 0. The van der Waals surface area contributed by atoms with Gasteiger partial charge in [0.1, 0.15) is 0 Å². The summed E-state index contributed by atoms with van der Waals surface area (Å²) in [5.74, 6) is 0. The van der Waals surface area contributed by atoms with Crippen LogP contribution < -0.4 is 26.2 Å². The van der Waals surface area contributed by atoms with E-state index in [2.05, 4.69) is 228 Å². The Morgan fingerprint density at radius 2 is 0.985 bits per heavy atom. The van der Waals surface area contributed by atoms with Crippen LogP contribution in [0.1, 0.15) is 157 Å². The molecule has 0 amide bonds. The van der Waals surface area contributed by atoms with Crippen LogP contribution in [0.4, 0.5) is 34.1 Å². The van der Waals surface area contributed by atoms with E-state index in [1.807, 2.05) is 12.1 Å². The lowest BCUT2D eigenvalue weighted by atomic mass is 9.33. The Morgan fingerprint density at radius 1 is 0.471 bits per heavy atom. The van der Waals surface area contributed by atoms with Crippen molar-refractivity contribution in [2.45, 2.75) is 149 Å². The van der Waals surface area contributed by atoms with Gasteiger partial charge in [-0.2, -0.15) is 0 Å². The van der Waals surface area contributed by atoms with E-state index >= 15 is 0 Å². The molecule has 0 unspecified atom stereocenters. The van der Waals surface area contributed by atoms with Gasteiger partial charge in [-0.05, 0) is 168 Å². The quantitative estimate of drug-likeness (QED) is 0.159. The Labute approximate surface area is 413 Å². The van der Waals surface area contributed by atoms with Crippen LogP contribution >= 0.6 is 0 Å². The smallest absolute Gasteiger partial charge is 0.252 e. The summed E-state index contributed by atoms with van der Waals surface area (Å²) in [4.78, 5) is 4.94. The fourth-order valence-corrected chi connectivity index (χ4v) is 13.8. The zero-order valence-corrected chi connectivity index (χ0v) is 43.1. The molecule has 0 radical (unpaired) electrons. The van der Waals surface area contributed by atoms with E-state index in [0.717, 1.165) is 63.6 Å². The zero-order valence-electron chi connectivity index (χ0n) is 46.1. The first kappa shape index (κ1) is 41.2. The molecule has 0 saturated heterocycles. The van der Waals surface area contributed by atoms with Crippen molar-refractivity contribution >= 4 is 57.2 Å². The van der Waals surface area contributed by atoms with Gasteiger partial charge in [0.25, 0.3) is 6.71 Å². The van der Waals surface area contributed by atoms with Crippen LogP contribution in [0.3, 0.4) is 0 Å². The van der Waals surface area contributed by atoms with Crippen molar-refractivity contribution in [3.63, 3.8) is 0 Å². The molecule has 0 saturated carbocycles. The summed E-state index contributed by atoms with van der Waals surface area (Å²) in [5, 5.41) is 0. The van der Waals surface area contributed by atoms with Gasteiger partial charge < -0.3 is 9.80 Å². The topological polar surface area (TPSA) is 6.48 Å². The number of hydrogen-bond acceptors (Lipinski definition) is 2. The molecule has 7 aromatic carbocycles. The van der Waals surface area contributed by atoms with E-state index in [0.29, 0.717) is 5.56 Å². The van der Waals surface area contributed by atoms with Crippen molar-refractivity contribution in [3.8, 4) is 11.1 Å². The molecule has 2 nitrogen and oxygen atoms in total. The molecular weight excluding hydrogens is 820 g/mol. The second-order valence-electron chi connectivity index (χ2n) is 25.2. The van der Waals surface area contributed by atoms with Gasteiger partial charge in [-0.25, -0.2) is 0 Å². The highest BCUT2D eigenvalue weighted by Crippen LogP contribution is 2.56. The summed E-state index contributed by atoms with van der Waals surface area (Å²) in [6, 6.07) is 49.9. The van der Waals surface area contributed by atoms with Gasteiger partial charge in [0.15, 0.2) is 0 Å². The van der Waals surface area contributed by atoms with Gasteiger partial charge in [0, 0.05) is 43.5 Å². The van der Waals surface area contributed by atoms with Crippen LogP contribution in [-0.2, 0) is 32.5 Å². The Kier molecular flexibility index (Phi) is 8.86. The SMILES string of the molecule is [2H]C([2H])([2H])c1cc2c3c(c1)N(c1ccc(C(C)(C)C)cc1-c1ccccc1)c1cc4c(cc1B3c1ccc(C(C)(C)c3ccccc3)cc1N2c1cc2c(cc1C)C(C)(C)CC2(C)C)C(C)(C)CC4(C)C. The van der Waals surface area contributed by atoms with Crippen molar-refractivity contribution in [3.05, 3.63) is 184 Å². The number of fused-ring (bicyclic) bond motifs is 6. The van der Waals surface area contributed by atoms with E-state index in [9.17, 15) is 4.11 Å². The second-order valence-corrected chi connectivity index (χ2v) is 25.2. The van der Waals surface area contributed by atoms with E-state index in [-0.39, 0.29) is 39.2 Å². The molecule has 0 spiro atoms. The Hall–Kier alpha value is -5.80. The Bertz CT molecular complexity index is 3330. The maximum atomic E-state index is 9.28. The number of hydrogen-bond donors (Lipinski definition) is 0. The molecule has 7 aromatic rings. The summed E-state index contributed by atoms with van der Waals surface area (Å²) in [6.07, 6.45) is 2.09. The number of benzene rings is 7. The average molecular weight is 894 g/mol. The lowest BCUT2D eigenvalue weighted by Gasteiger charge is -2.46. The van der Waals surface area contributed by atoms with Crippen molar-refractivity contribution in [2.24, 2.45) is 0 Å². The molecule has 0 aromatic heterocycles. The van der Waals surface area contributed by atoms with E-state index < -0.39 is 6.85 Å². The van der Waals surface area contributed by atoms with Crippen LogP contribution in [0.25, 0.3) is 11.1 Å². The minimum absolute atomic E-state index is 0.0199. The van der Waals surface area contributed by atoms with Crippen LogP contribution in [0.2, 0.25) is 0 Å². The largest absolute Gasteiger partial charge is 0.311 e. The first-order valence-corrected chi connectivity index (χ1v) is 25.1. The molecule has 0 atom stereocenters. The highest BCUT2D eigenvalue weighted by atomic mass is 15.2. The molecule has 344 valence electrons. The van der Waals surface area contributed by atoms with Gasteiger partial charge in [0.05, 0.1) is 5.69 Å². The monoisotopic (exact) mass is 894 g/mol. The molecule has 11 rings (SSSR count). The van der Waals surface area contributed by atoms with Crippen LogP contribution in [0.15, 0.2) is 133 Å². The predicted molar refractivity (Wildman–Crippen MR) is 294 cm³/mol. The third kappa shape index (κ3) is 6.65. The number of anilines is 6. The highest BCUT2D eigenvalue weighted by molar-refractivity contribution is 7.00. The first-order chi connectivity index (χ1) is 33.1. The van der Waals surface area contributed by atoms with Crippen LogP contribution in [0.5, 0.6) is 0 Å². The summed E-state index contributed by atoms with van der Waals surface area (Å²) in [7, 11) is 0. The molecule has 2 heterocycles. The third-order valence-corrected chi connectivity index (χ3v) is 16.9. The standard InChI is InChI=1S/C65H71BN2/c1-40-30-57-59-58(31-40)68(54-36-49-47(32-41(54)2)61(6,7)38-63(49,10)11)55-34-45(65(14,15)43-24-20-17-21-25-43)26-28-51(55)66(59)52-35-48-50(64(12,13)39-62(48,8)9)37-56(52)67(57)53-29-27-44(60(3,4)5)33-46(53)42-22-18-16-19-23-42/h16-37H,38-39H2,1-15H3/i1D3. The predicted octanol–water partition coefficient (Wildman–Crippen LogP) is 15.6. The third-order valence-electron chi connectivity index (χ3n) is 16.9. The minimum atomic E-state index is -2.39. The number of aryl methyl sites for hydroxylation is 2. The highest BCUT2D eigenvalue weighted by Gasteiger charge is 2.49. The first-order valence-electron chi connectivity index (χ1n) is 26.6. The fraction of sp³-hybridized carbons (Fsp3) is 0.354. The Morgan fingerprint density at radius 3 is 1.57 bits per heavy atom.